The van der Waals surface area contributed by atoms with Crippen LogP contribution in [0.1, 0.15) is 13.8 Å². The van der Waals surface area contributed by atoms with Crippen LogP contribution < -0.4 is 0 Å². The van der Waals surface area contributed by atoms with Gasteiger partial charge in [-0.25, -0.2) is 0 Å². The van der Waals surface area contributed by atoms with Gasteiger partial charge in [-0.3, -0.25) is 0 Å². The highest BCUT2D eigenvalue weighted by Gasteiger charge is 2.56. The Morgan fingerprint density at radius 2 is 1.25 bits per heavy atom. The molecule has 1 rings (SSSR count). The molecule has 1 heterocycles. The first kappa shape index (κ1) is 13.8. The maximum absolute atomic E-state index is 9.15. The third kappa shape index (κ3) is 2.09. The Hall–Kier alpha value is -0.240. The van der Waals surface area contributed by atoms with E-state index in [0.29, 0.717) is 0 Å². The highest BCUT2D eigenvalue weighted by atomic mass is 16.8. The molecule has 0 radical (unpaired) electrons. The number of hydrogen-bond acceptors (Lipinski definition) is 6. The molecule has 0 bridgehead atoms. The molecule has 0 unspecified atom stereocenters. The lowest BCUT2D eigenvalue weighted by molar-refractivity contribution is -0.451. The molecular weight excluding hydrogens is 216 g/mol. The van der Waals surface area contributed by atoms with Crippen LogP contribution in [-0.2, 0) is 18.9 Å². The van der Waals surface area contributed by atoms with Crippen molar-refractivity contribution >= 4 is 0 Å². The van der Waals surface area contributed by atoms with E-state index in [4.69, 9.17) is 29.2 Å². The van der Waals surface area contributed by atoms with Gasteiger partial charge >= 0.3 is 0 Å². The molecule has 2 N–H and O–H groups in total. The average molecular weight is 236 g/mol. The zero-order chi connectivity index (χ0) is 12.4. The molecule has 0 aliphatic carbocycles. The van der Waals surface area contributed by atoms with Gasteiger partial charge in [-0.15, -0.1) is 0 Å². The van der Waals surface area contributed by atoms with E-state index in [-0.39, 0.29) is 13.2 Å². The molecule has 1 aliphatic heterocycles. The maximum Gasteiger partial charge on any atom is 0.220 e. The molecule has 0 aromatic rings. The third-order valence-corrected chi connectivity index (χ3v) is 3.13. The fraction of sp³-hybridized carbons (Fsp3) is 1.00. The van der Waals surface area contributed by atoms with Crippen molar-refractivity contribution in [2.75, 3.05) is 27.4 Å². The predicted molar refractivity (Wildman–Crippen MR) is 54.7 cm³/mol. The summed E-state index contributed by atoms with van der Waals surface area (Å²) in [4.78, 5) is 0. The molecule has 1 saturated heterocycles. The van der Waals surface area contributed by atoms with Crippen molar-refractivity contribution in [2.45, 2.75) is 37.6 Å². The van der Waals surface area contributed by atoms with Crippen molar-refractivity contribution in [1.82, 2.24) is 0 Å². The number of methoxy groups -OCH3 is 2. The van der Waals surface area contributed by atoms with Crippen LogP contribution >= 0.6 is 0 Å². The van der Waals surface area contributed by atoms with E-state index in [1.807, 2.05) is 0 Å². The van der Waals surface area contributed by atoms with Crippen molar-refractivity contribution in [2.24, 2.45) is 0 Å². The molecule has 96 valence electrons. The smallest absolute Gasteiger partial charge is 0.220 e. The maximum atomic E-state index is 9.15. The van der Waals surface area contributed by atoms with Crippen molar-refractivity contribution in [3.63, 3.8) is 0 Å². The van der Waals surface area contributed by atoms with Gasteiger partial charge in [0.15, 0.2) is 0 Å². The second-order valence-electron chi connectivity index (χ2n) is 3.98. The van der Waals surface area contributed by atoms with Crippen molar-refractivity contribution < 1.29 is 29.2 Å². The minimum Gasteiger partial charge on any atom is -0.394 e. The first-order valence-electron chi connectivity index (χ1n) is 5.14. The molecule has 0 amide bonds. The first-order valence-corrected chi connectivity index (χ1v) is 5.14. The average Bonchev–Trinajstić information content (AvgIpc) is 2.31. The Morgan fingerprint density at radius 1 is 0.938 bits per heavy atom. The Bertz CT molecular complexity index is 211. The fourth-order valence-electron chi connectivity index (χ4n) is 1.72. The van der Waals surface area contributed by atoms with Gasteiger partial charge in [0.25, 0.3) is 0 Å². The molecule has 4 atom stereocenters. The summed E-state index contributed by atoms with van der Waals surface area (Å²) in [6, 6.07) is 0. The minimum atomic E-state index is -1.14. The summed E-state index contributed by atoms with van der Waals surface area (Å²) in [6.45, 7) is 2.80. The Balaban J connectivity index is 2.94. The minimum absolute atomic E-state index is 0.260. The highest BCUT2D eigenvalue weighted by Crippen LogP contribution is 2.38. The van der Waals surface area contributed by atoms with E-state index in [1.54, 1.807) is 13.8 Å². The van der Waals surface area contributed by atoms with Gasteiger partial charge in [-0.05, 0) is 13.8 Å². The van der Waals surface area contributed by atoms with Gasteiger partial charge < -0.3 is 29.2 Å². The second kappa shape index (κ2) is 4.95. The van der Waals surface area contributed by atoms with E-state index >= 15 is 0 Å². The molecule has 16 heavy (non-hydrogen) atoms. The summed E-state index contributed by atoms with van der Waals surface area (Å²) < 4.78 is 21.7. The van der Waals surface area contributed by atoms with Crippen LogP contribution in [0.5, 0.6) is 0 Å². The lowest BCUT2D eigenvalue weighted by Gasteiger charge is -2.51. The lowest BCUT2D eigenvalue weighted by Crippen LogP contribution is -2.66. The second-order valence-corrected chi connectivity index (χ2v) is 3.98. The van der Waals surface area contributed by atoms with E-state index < -0.39 is 23.8 Å². The molecule has 0 spiro atoms. The fourth-order valence-corrected chi connectivity index (χ4v) is 1.72. The summed E-state index contributed by atoms with van der Waals surface area (Å²) >= 11 is 0. The number of aliphatic hydroxyl groups is 2. The van der Waals surface area contributed by atoms with Crippen LogP contribution in [0.25, 0.3) is 0 Å². The molecule has 1 fully saturated rings. The molecule has 0 aromatic carbocycles. The summed E-state index contributed by atoms with van der Waals surface area (Å²) in [6.07, 6.45) is -1.28. The van der Waals surface area contributed by atoms with E-state index in [2.05, 4.69) is 0 Å². The monoisotopic (exact) mass is 236 g/mol. The van der Waals surface area contributed by atoms with Crippen LogP contribution in [-0.4, -0.2) is 61.4 Å². The van der Waals surface area contributed by atoms with Crippen LogP contribution in [0.2, 0.25) is 0 Å². The SMILES string of the molecule is CO[C@@]1(C)O[C@H](CO)[C@@H](CO)O[C@]1(C)OC. The Morgan fingerprint density at radius 3 is 1.44 bits per heavy atom. The number of ether oxygens (including phenoxy) is 4. The van der Waals surface area contributed by atoms with Gasteiger partial charge in [-0.1, -0.05) is 0 Å². The number of rotatable bonds is 4. The summed E-state index contributed by atoms with van der Waals surface area (Å²) in [5, 5.41) is 18.3. The first-order chi connectivity index (χ1) is 7.46. The van der Waals surface area contributed by atoms with Crippen LogP contribution in [0.3, 0.4) is 0 Å². The Kier molecular flexibility index (Phi) is 4.28. The van der Waals surface area contributed by atoms with Crippen LogP contribution in [0, 0.1) is 0 Å². The van der Waals surface area contributed by atoms with E-state index in [9.17, 15) is 0 Å². The highest BCUT2D eigenvalue weighted by molar-refractivity contribution is 4.90. The van der Waals surface area contributed by atoms with Gasteiger partial charge in [-0.2, -0.15) is 0 Å². The number of hydrogen-bond donors (Lipinski definition) is 2. The van der Waals surface area contributed by atoms with Gasteiger partial charge in [0.1, 0.15) is 12.2 Å². The van der Waals surface area contributed by atoms with Crippen molar-refractivity contribution in [1.29, 1.82) is 0 Å². The summed E-state index contributed by atoms with van der Waals surface area (Å²) in [7, 11) is 2.93. The standard InChI is InChI=1S/C10H20O6/c1-9(13-3)10(2,14-4)16-8(6-12)7(5-11)15-9/h7-8,11-12H,5-6H2,1-4H3/t7-,8-,9+,10+/m1/s1. The van der Waals surface area contributed by atoms with E-state index in [1.165, 1.54) is 14.2 Å². The largest absolute Gasteiger partial charge is 0.394 e. The quantitative estimate of drug-likeness (QED) is 0.684. The van der Waals surface area contributed by atoms with Gasteiger partial charge in [0, 0.05) is 14.2 Å². The lowest BCUT2D eigenvalue weighted by atomic mass is 10.0. The normalized spacial score (nSPS) is 44.6. The molecule has 0 saturated carbocycles. The molecule has 6 nitrogen and oxygen atoms in total. The summed E-state index contributed by atoms with van der Waals surface area (Å²) in [5.41, 5.74) is 0. The number of aliphatic hydroxyl groups excluding tert-OH is 2. The molecule has 1 aliphatic rings. The van der Waals surface area contributed by atoms with Gasteiger partial charge in [0.2, 0.25) is 11.6 Å². The van der Waals surface area contributed by atoms with Crippen molar-refractivity contribution in [3.05, 3.63) is 0 Å². The van der Waals surface area contributed by atoms with Gasteiger partial charge in [0.05, 0.1) is 13.2 Å². The molecule has 6 heteroatoms. The Labute approximate surface area is 95.1 Å². The van der Waals surface area contributed by atoms with Crippen LogP contribution in [0.4, 0.5) is 0 Å². The zero-order valence-corrected chi connectivity index (χ0v) is 10.1. The van der Waals surface area contributed by atoms with E-state index in [0.717, 1.165) is 0 Å². The van der Waals surface area contributed by atoms with Crippen molar-refractivity contribution in [3.8, 4) is 0 Å². The molecule has 0 aromatic heterocycles. The van der Waals surface area contributed by atoms with Crippen LogP contribution in [0.15, 0.2) is 0 Å². The molecular formula is C10H20O6. The topological polar surface area (TPSA) is 77.4 Å². The summed E-state index contributed by atoms with van der Waals surface area (Å²) in [5.74, 6) is -2.28. The predicted octanol–water partition coefficient (Wildman–Crippen LogP) is -0.520. The third-order valence-electron chi connectivity index (χ3n) is 3.13. The zero-order valence-electron chi connectivity index (χ0n) is 10.1.